The van der Waals surface area contributed by atoms with E-state index in [1.54, 1.807) is 0 Å². The quantitative estimate of drug-likeness (QED) is 0.592. The lowest BCUT2D eigenvalue weighted by Crippen LogP contribution is -2.27. The monoisotopic (exact) mass is 201 g/mol. The second kappa shape index (κ2) is 7.80. The summed E-state index contributed by atoms with van der Waals surface area (Å²) in [6.45, 7) is 4.53. The molecule has 0 bridgehead atoms. The van der Waals surface area contributed by atoms with E-state index in [9.17, 15) is 4.79 Å². The molecule has 3 heteroatoms. The molecule has 0 aliphatic heterocycles. The number of unbranched alkanes of at least 4 members (excludes halogenated alkanes) is 3. The fourth-order valence-corrected chi connectivity index (χ4v) is 1.61. The smallest absolute Gasteiger partial charge is 0.306 e. The fourth-order valence-electron chi connectivity index (χ4n) is 1.61. The zero-order valence-corrected chi connectivity index (χ0v) is 9.33. The molecule has 3 N–H and O–H groups in total. The maximum absolute atomic E-state index is 10.9. The van der Waals surface area contributed by atoms with Crippen LogP contribution in [-0.2, 0) is 4.79 Å². The van der Waals surface area contributed by atoms with Crippen molar-refractivity contribution in [3.63, 3.8) is 0 Å². The third-order valence-electron chi connectivity index (χ3n) is 2.74. The molecule has 0 aliphatic rings. The molecule has 0 saturated carbocycles. The number of aliphatic carboxylic acids is 1. The number of carbonyl (C=O) groups is 1. The van der Waals surface area contributed by atoms with E-state index in [0.717, 1.165) is 19.3 Å². The lowest BCUT2D eigenvalue weighted by molar-refractivity contribution is -0.143. The van der Waals surface area contributed by atoms with Gasteiger partial charge in [-0.25, -0.2) is 0 Å². The van der Waals surface area contributed by atoms with Crippen molar-refractivity contribution in [1.29, 1.82) is 0 Å². The minimum Gasteiger partial charge on any atom is -0.481 e. The number of hydrogen-bond acceptors (Lipinski definition) is 2. The molecule has 0 aliphatic carbocycles. The van der Waals surface area contributed by atoms with Gasteiger partial charge in [-0.3, -0.25) is 4.79 Å². The van der Waals surface area contributed by atoms with E-state index in [1.807, 2.05) is 6.92 Å². The molecule has 0 aromatic heterocycles. The normalized spacial score (nSPS) is 15.1. The Labute approximate surface area is 86.7 Å². The van der Waals surface area contributed by atoms with Crippen molar-refractivity contribution in [2.24, 2.45) is 17.6 Å². The zero-order valence-electron chi connectivity index (χ0n) is 9.33. The highest BCUT2D eigenvalue weighted by atomic mass is 16.4. The number of nitrogens with two attached hydrogens (primary N) is 1. The minimum atomic E-state index is -0.695. The second-order valence-electron chi connectivity index (χ2n) is 4.01. The maximum atomic E-state index is 10.9. The summed E-state index contributed by atoms with van der Waals surface area (Å²) < 4.78 is 0. The summed E-state index contributed by atoms with van der Waals surface area (Å²) in [5.74, 6) is -0.856. The Kier molecular flexibility index (Phi) is 7.48. The lowest BCUT2D eigenvalue weighted by Gasteiger charge is -2.18. The predicted octanol–water partition coefficient (Wildman–Crippen LogP) is 2.25. The Morgan fingerprint density at radius 2 is 2.00 bits per heavy atom. The van der Waals surface area contributed by atoms with Gasteiger partial charge in [0.2, 0.25) is 0 Å². The van der Waals surface area contributed by atoms with Crippen molar-refractivity contribution in [3.05, 3.63) is 0 Å². The van der Waals surface area contributed by atoms with Crippen LogP contribution in [-0.4, -0.2) is 17.6 Å². The van der Waals surface area contributed by atoms with Gasteiger partial charge in [0.25, 0.3) is 0 Å². The molecule has 3 nitrogen and oxygen atoms in total. The molecule has 0 spiro atoms. The Morgan fingerprint density at radius 1 is 1.36 bits per heavy atom. The van der Waals surface area contributed by atoms with Gasteiger partial charge in [0.15, 0.2) is 0 Å². The molecular formula is C11H23NO2. The van der Waals surface area contributed by atoms with Crippen LogP contribution in [0.1, 0.15) is 46.0 Å². The van der Waals surface area contributed by atoms with Crippen LogP contribution < -0.4 is 5.73 Å². The summed E-state index contributed by atoms with van der Waals surface area (Å²) in [4.78, 5) is 10.9. The lowest BCUT2D eigenvalue weighted by atomic mass is 9.89. The highest BCUT2D eigenvalue weighted by Crippen LogP contribution is 2.18. The van der Waals surface area contributed by atoms with Gasteiger partial charge in [0.05, 0.1) is 5.92 Å². The van der Waals surface area contributed by atoms with Crippen LogP contribution >= 0.6 is 0 Å². The van der Waals surface area contributed by atoms with Gasteiger partial charge in [-0.05, 0) is 18.9 Å². The molecule has 0 fully saturated rings. The van der Waals surface area contributed by atoms with Crippen LogP contribution in [0.15, 0.2) is 0 Å². The molecule has 0 amide bonds. The van der Waals surface area contributed by atoms with Crippen molar-refractivity contribution in [2.75, 3.05) is 6.54 Å². The molecule has 0 rings (SSSR count). The molecule has 0 saturated heterocycles. The first kappa shape index (κ1) is 13.4. The summed E-state index contributed by atoms with van der Waals surface area (Å²) in [5.41, 5.74) is 5.48. The molecule has 0 aromatic rings. The van der Waals surface area contributed by atoms with Crippen molar-refractivity contribution in [3.8, 4) is 0 Å². The Morgan fingerprint density at radius 3 is 2.43 bits per heavy atom. The van der Waals surface area contributed by atoms with Crippen molar-refractivity contribution in [1.82, 2.24) is 0 Å². The third-order valence-corrected chi connectivity index (χ3v) is 2.74. The average molecular weight is 201 g/mol. The number of carboxylic acid groups (broad SMARTS) is 1. The first-order chi connectivity index (χ1) is 6.63. The number of rotatable bonds is 8. The van der Waals surface area contributed by atoms with Crippen LogP contribution in [0.3, 0.4) is 0 Å². The first-order valence-electron chi connectivity index (χ1n) is 5.56. The molecule has 14 heavy (non-hydrogen) atoms. The SMILES string of the molecule is CCCCCCC(C(=O)O)C(C)CN. The van der Waals surface area contributed by atoms with Crippen LogP contribution in [0.4, 0.5) is 0 Å². The Bertz CT molecular complexity index is 159. The summed E-state index contributed by atoms with van der Waals surface area (Å²) in [6, 6.07) is 0. The van der Waals surface area contributed by atoms with Crippen molar-refractivity contribution in [2.45, 2.75) is 46.0 Å². The highest BCUT2D eigenvalue weighted by Gasteiger charge is 2.22. The molecule has 84 valence electrons. The van der Waals surface area contributed by atoms with Gasteiger partial charge >= 0.3 is 5.97 Å². The Hall–Kier alpha value is -0.570. The van der Waals surface area contributed by atoms with Crippen LogP contribution in [0.2, 0.25) is 0 Å². The van der Waals surface area contributed by atoms with Gasteiger partial charge in [-0.1, -0.05) is 39.5 Å². The van der Waals surface area contributed by atoms with Gasteiger partial charge < -0.3 is 10.8 Å². The topological polar surface area (TPSA) is 63.3 Å². The minimum absolute atomic E-state index is 0.0918. The fraction of sp³-hybridized carbons (Fsp3) is 0.909. The van der Waals surface area contributed by atoms with Crippen molar-refractivity contribution >= 4 is 5.97 Å². The van der Waals surface area contributed by atoms with E-state index in [0.29, 0.717) is 6.54 Å². The predicted molar refractivity (Wildman–Crippen MR) is 58.1 cm³/mol. The molecule has 0 radical (unpaired) electrons. The Balaban J connectivity index is 3.80. The van der Waals surface area contributed by atoms with Crippen LogP contribution in [0, 0.1) is 11.8 Å². The van der Waals surface area contributed by atoms with E-state index in [4.69, 9.17) is 10.8 Å². The molecular weight excluding hydrogens is 178 g/mol. The summed E-state index contributed by atoms with van der Waals surface area (Å²) in [7, 11) is 0. The second-order valence-corrected chi connectivity index (χ2v) is 4.01. The zero-order chi connectivity index (χ0) is 11.0. The van der Waals surface area contributed by atoms with Gasteiger partial charge in [0.1, 0.15) is 0 Å². The van der Waals surface area contributed by atoms with Gasteiger partial charge in [-0.15, -0.1) is 0 Å². The summed E-state index contributed by atoms with van der Waals surface area (Å²) in [5, 5.41) is 8.98. The van der Waals surface area contributed by atoms with Crippen molar-refractivity contribution < 1.29 is 9.90 Å². The molecule has 2 atom stereocenters. The summed E-state index contributed by atoms with van der Waals surface area (Å²) >= 11 is 0. The van der Waals surface area contributed by atoms with E-state index in [-0.39, 0.29) is 11.8 Å². The van der Waals surface area contributed by atoms with Gasteiger partial charge in [-0.2, -0.15) is 0 Å². The molecule has 0 heterocycles. The molecule has 0 aromatic carbocycles. The number of hydrogen-bond donors (Lipinski definition) is 2. The first-order valence-corrected chi connectivity index (χ1v) is 5.56. The maximum Gasteiger partial charge on any atom is 0.306 e. The molecule has 2 unspecified atom stereocenters. The van der Waals surface area contributed by atoms with Crippen LogP contribution in [0.5, 0.6) is 0 Å². The average Bonchev–Trinajstić information content (AvgIpc) is 2.16. The van der Waals surface area contributed by atoms with E-state index in [1.165, 1.54) is 12.8 Å². The highest BCUT2D eigenvalue weighted by molar-refractivity contribution is 5.70. The van der Waals surface area contributed by atoms with E-state index < -0.39 is 5.97 Å². The largest absolute Gasteiger partial charge is 0.481 e. The summed E-state index contributed by atoms with van der Waals surface area (Å²) in [6.07, 6.45) is 5.30. The van der Waals surface area contributed by atoms with E-state index in [2.05, 4.69) is 6.92 Å². The standard InChI is InChI=1S/C11H23NO2/c1-3-4-5-6-7-10(11(13)14)9(2)8-12/h9-10H,3-8,12H2,1-2H3,(H,13,14). The third kappa shape index (κ3) is 5.22. The van der Waals surface area contributed by atoms with E-state index >= 15 is 0 Å². The van der Waals surface area contributed by atoms with Gasteiger partial charge in [0, 0.05) is 0 Å². The van der Waals surface area contributed by atoms with Crippen LogP contribution in [0.25, 0.3) is 0 Å². The number of carboxylic acids is 1.